The van der Waals surface area contributed by atoms with Crippen LogP contribution in [0.1, 0.15) is 12.8 Å². The van der Waals surface area contributed by atoms with Crippen molar-refractivity contribution in [2.24, 2.45) is 11.7 Å². The summed E-state index contributed by atoms with van der Waals surface area (Å²) in [6, 6.07) is 7.05. The first-order chi connectivity index (χ1) is 8.69. The number of benzene rings is 1. The highest BCUT2D eigenvalue weighted by molar-refractivity contribution is 6.30. The van der Waals surface area contributed by atoms with E-state index >= 15 is 0 Å². The van der Waals surface area contributed by atoms with Gasteiger partial charge in [-0.1, -0.05) is 11.6 Å². The van der Waals surface area contributed by atoms with E-state index in [1.54, 1.807) is 24.3 Å². The highest BCUT2D eigenvalue weighted by atomic mass is 35.5. The van der Waals surface area contributed by atoms with Crippen LogP contribution in [-0.2, 0) is 0 Å². The van der Waals surface area contributed by atoms with Gasteiger partial charge in [0.05, 0.1) is 0 Å². The molecule has 0 spiro atoms. The number of amides is 2. The number of piperidine rings is 1. The van der Waals surface area contributed by atoms with Crippen LogP contribution in [0.3, 0.4) is 0 Å². The van der Waals surface area contributed by atoms with Crippen molar-refractivity contribution in [2.45, 2.75) is 12.8 Å². The predicted octanol–water partition coefficient (Wildman–Crippen LogP) is 2.54. The maximum atomic E-state index is 12.1. The monoisotopic (exact) mass is 267 g/mol. The Labute approximate surface area is 112 Å². The van der Waals surface area contributed by atoms with Crippen LogP contribution in [0.4, 0.5) is 10.5 Å². The topological polar surface area (TPSA) is 58.4 Å². The summed E-state index contributed by atoms with van der Waals surface area (Å²) < 4.78 is 0. The zero-order chi connectivity index (χ0) is 13.0. The summed E-state index contributed by atoms with van der Waals surface area (Å²) in [5, 5.41) is 3.53. The van der Waals surface area contributed by atoms with Crippen molar-refractivity contribution in [3.05, 3.63) is 29.3 Å². The Hall–Kier alpha value is -1.26. The minimum absolute atomic E-state index is 0.0597. The molecule has 5 heteroatoms. The maximum Gasteiger partial charge on any atom is 0.321 e. The summed E-state index contributed by atoms with van der Waals surface area (Å²) in [7, 11) is 0. The van der Waals surface area contributed by atoms with Gasteiger partial charge >= 0.3 is 6.03 Å². The van der Waals surface area contributed by atoms with Gasteiger partial charge in [0.2, 0.25) is 0 Å². The molecule has 18 heavy (non-hydrogen) atoms. The quantitative estimate of drug-likeness (QED) is 0.865. The first kappa shape index (κ1) is 13.2. The van der Waals surface area contributed by atoms with E-state index in [1.165, 1.54) is 0 Å². The van der Waals surface area contributed by atoms with E-state index in [0.29, 0.717) is 17.5 Å². The third kappa shape index (κ3) is 3.37. The predicted molar refractivity (Wildman–Crippen MR) is 73.8 cm³/mol. The number of nitrogens with two attached hydrogens (primary N) is 1. The fourth-order valence-corrected chi connectivity index (χ4v) is 2.30. The summed E-state index contributed by atoms with van der Waals surface area (Å²) >= 11 is 5.80. The number of urea groups is 1. The van der Waals surface area contributed by atoms with Crippen LogP contribution in [0.5, 0.6) is 0 Å². The number of hydrogen-bond acceptors (Lipinski definition) is 2. The largest absolute Gasteiger partial charge is 0.330 e. The second kappa shape index (κ2) is 6.07. The number of rotatable bonds is 2. The van der Waals surface area contributed by atoms with Gasteiger partial charge < -0.3 is 16.0 Å². The van der Waals surface area contributed by atoms with Crippen molar-refractivity contribution >= 4 is 23.3 Å². The van der Waals surface area contributed by atoms with E-state index in [0.717, 1.165) is 31.6 Å². The van der Waals surface area contributed by atoms with Crippen LogP contribution in [0, 0.1) is 5.92 Å². The third-order valence-corrected chi connectivity index (χ3v) is 3.49. The smallest absolute Gasteiger partial charge is 0.321 e. The number of carbonyl (C=O) groups excluding carboxylic acids is 1. The molecule has 1 heterocycles. The zero-order valence-corrected chi connectivity index (χ0v) is 11.0. The van der Waals surface area contributed by atoms with Gasteiger partial charge in [-0.3, -0.25) is 0 Å². The Balaban J connectivity index is 1.93. The summed E-state index contributed by atoms with van der Waals surface area (Å²) in [5.74, 6) is 0.426. The minimum Gasteiger partial charge on any atom is -0.330 e. The average Bonchev–Trinajstić information content (AvgIpc) is 2.41. The van der Waals surface area contributed by atoms with Gasteiger partial charge in [0.1, 0.15) is 0 Å². The van der Waals surface area contributed by atoms with Gasteiger partial charge in [-0.15, -0.1) is 0 Å². The normalized spacial score (nSPS) is 19.7. The SMILES string of the molecule is NCC1CCCN(C(=O)Nc2ccc(Cl)cc2)C1. The molecule has 1 unspecified atom stereocenters. The van der Waals surface area contributed by atoms with Crippen molar-refractivity contribution in [3.8, 4) is 0 Å². The van der Waals surface area contributed by atoms with Crippen molar-refractivity contribution in [1.82, 2.24) is 4.90 Å². The lowest BCUT2D eigenvalue weighted by Gasteiger charge is -2.32. The molecule has 1 fully saturated rings. The molecule has 2 amide bonds. The lowest BCUT2D eigenvalue weighted by atomic mass is 9.99. The van der Waals surface area contributed by atoms with Gasteiger partial charge in [-0.2, -0.15) is 0 Å². The first-order valence-electron chi connectivity index (χ1n) is 6.20. The highest BCUT2D eigenvalue weighted by Crippen LogP contribution is 2.18. The van der Waals surface area contributed by atoms with E-state index in [-0.39, 0.29) is 6.03 Å². The van der Waals surface area contributed by atoms with E-state index in [9.17, 15) is 4.79 Å². The second-order valence-corrected chi connectivity index (χ2v) is 5.06. The molecule has 2 rings (SSSR count). The van der Waals surface area contributed by atoms with Gasteiger partial charge in [-0.25, -0.2) is 4.79 Å². The van der Waals surface area contributed by atoms with E-state index in [4.69, 9.17) is 17.3 Å². The molecule has 0 radical (unpaired) electrons. The molecule has 3 N–H and O–H groups in total. The molecule has 1 aromatic carbocycles. The van der Waals surface area contributed by atoms with Gasteiger partial charge in [0.25, 0.3) is 0 Å². The van der Waals surface area contributed by atoms with Gasteiger partial charge in [-0.05, 0) is 49.6 Å². The molecule has 1 atom stereocenters. The average molecular weight is 268 g/mol. The molecular formula is C13H18ClN3O. The molecule has 1 saturated heterocycles. The standard InChI is InChI=1S/C13H18ClN3O/c14-11-3-5-12(6-4-11)16-13(18)17-7-1-2-10(8-15)9-17/h3-6,10H,1-2,7-9,15H2,(H,16,18). The second-order valence-electron chi connectivity index (χ2n) is 4.63. The fraction of sp³-hybridized carbons (Fsp3) is 0.462. The Morgan fingerprint density at radius 1 is 1.44 bits per heavy atom. The summed E-state index contributed by atoms with van der Waals surface area (Å²) in [5.41, 5.74) is 6.43. The zero-order valence-electron chi connectivity index (χ0n) is 10.2. The number of carbonyl (C=O) groups is 1. The summed E-state index contributed by atoms with van der Waals surface area (Å²) in [6.07, 6.45) is 2.14. The number of nitrogens with one attached hydrogen (secondary N) is 1. The van der Waals surface area contributed by atoms with Crippen molar-refractivity contribution in [1.29, 1.82) is 0 Å². The lowest BCUT2D eigenvalue weighted by Crippen LogP contribution is -2.44. The molecule has 1 aromatic rings. The summed E-state index contributed by atoms with van der Waals surface area (Å²) in [6.45, 7) is 2.19. The van der Waals surface area contributed by atoms with Crippen LogP contribution in [0.15, 0.2) is 24.3 Å². The van der Waals surface area contributed by atoms with Crippen LogP contribution < -0.4 is 11.1 Å². The molecule has 0 aliphatic carbocycles. The van der Waals surface area contributed by atoms with Crippen LogP contribution >= 0.6 is 11.6 Å². The fourth-order valence-electron chi connectivity index (χ4n) is 2.18. The van der Waals surface area contributed by atoms with Crippen molar-refractivity contribution in [2.75, 3.05) is 25.0 Å². The van der Waals surface area contributed by atoms with Crippen molar-refractivity contribution in [3.63, 3.8) is 0 Å². The van der Waals surface area contributed by atoms with E-state index < -0.39 is 0 Å². The molecule has 4 nitrogen and oxygen atoms in total. The van der Waals surface area contributed by atoms with Crippen LogP contribution in [-0.4, -0.2) is 30.6 Å². The lowest BCUT2D eigenvalue weighted by molar-refractivity contribution is 0.179. The van der Waals surface area contributed by atoms with E-state index in [1.807, 2.05) is 4.90 Å². The minimum atomic E-state index is -0.0597. The van der Waals surface area contributed by atoms with E-state index in [2.05, 4.69) is 5.32 Å². The molecule has 0 aromatic heterocycles. The van der Waals surface area contributed by atoms with Gasteiger partial charge in [0, 0.05) is 23.8 Å². The molecule has 1 aliphatic heterocycles. The maximum absolute atomic E-state index is 12.1. The van der Waals surface area contributed by atoms with Crippen molar-refractivity contribution < 1.29 is 4.79 Å². The summed E-state index contributed by atoms with van der Waals surface area (Å²) in [4.78, 5) is 13.9. The Bertz CT molecular complexity index is 407. The van der Waals surface area contributed by atoms with Crippen LogP contribution in [0.25, 0.3) is 0 Å². The van der Waals surface area contributed by atoms with Gasteiger partial charge in [0.15, 0.2) is 0 Å². The molecule has 0 bridgehead atoms. The highest BCUT2D eigenvalue weighted by Gasteiger charge is 2.22. The molecule has 98 valence electrons. The Kier molecular flexibility index (Phi) is 4.44. The Morgan fingerprint density at radius 3 is 2.83 bits per heavy atom. The number of likely N-dealkylation sites (tertiary alicyclic amines) is 1. The number of hydrogen-bond donors (Lipinski definition) is 2. The van der Waals surface area contributed by atoms with Crippen LogP contribution in [0.2, 0.25) is 5.02 Å². The first-order valence-corrected chi connectivity index (χ1v) is 6.58. The number of anilines is 1. The Morgan fingerprint density at radius 2 is 2.17 bits per heavy atom. The molecule has 1 aliphatic rings. The molecule has 0 saturated carbocycles. The molecular weight excluding hydrogens is 250 g/mol. The number of nitrogens with zero attached hydrogens (tertiary/aromatic N) is 1. The number of halogens is 1. The third-order valence-electron chi connectivity index (χ3n) is 3.24.